The van der Waals surface area contributed by atoms with E-state index in [2.05, 4.69) is 52.9 Å². The van der Waals surface area contributed by atoms with E-state index in [0.29, 0.717) is 6.04 Å². The fourth-order valence-electron chi connectivity index (χ4n) is 8.17. The van der Waals surface area contributed by atoms with Crippen molar-refractivity contribution in [3.05, 3.63) is 11.6 Å². The number of hydrogen-bond donors (Lipinski definition) is 1. The first-order chi connectivity index (χ1) is 15.5. The predicted octanol–water partition coefficient (Wildman–Crippen LogP) is 9.17. The Labute approximate surface area is 202 Å². The van der Waals surface area contributed by atoms with Crippen LogP contribution >= 0.6 is 0 Å². The maximum Gasteiger partial charge on any atom is 0.0104 e. The largest absolute Gasteiger partial charge is 0.311 e. The van der Waals surface area contributed by atoms with Gasteiger partial charge in [0.2, 0.25) is 0 Å². The molecule has 2 saturated carbocycles. The second-order valence-electron chi connectivity index (χ2n) is 12.3. The van der Waals surface area contributed by atoms with Gasteiger partial charge in [-0.25, -0.2) is 0 Å². The molecule has 0 heterocycles. The van der Waals surface area contributed by atoms with Crippen molar-refractivity contribution >= 4 is 0 Å². The van der Waals surface area contributed by atoms with E-state index in [4.69, 9.17) is 0 Å². The highest BCUT2D eigenvalue weighted by Crippen LogP contribution is 2.44. The number of hydrogen-bond acceptors (Lipinski definition) is 1. The zero-order chi connectivity index (χ0) is 23.1. The highest BCUT2D eigenvalue weighted by atomic mass is 15.0. The molecule has 3 aliphatic carbocycles. The summed E-state index contributed by atoms with van der Waals surface area (Å²) in [6.45, 7) is 14.8. The minimum Gasteiger partial charge on any atom is -0.311 e. The summed E-state index contributed by atoms with van der Waals surface area (Å²) in [5.74, 6) is 6.35. The standard InChI is InChI=1S/C31H57N/c1-7-10-13-22(4)20-26-14-11-16-29(23(26)5)24(6)32-31-17-12-15-28-21-27(18-19-30(28)31)25(8-2)9-3/h18,22-26,28-32H,7-17,19-21H2,1-6H3. The third-order valence-electron chi connectivity index (χ3n) is 10.3. The van der Waals surface area contributed by atoms with Crippen molar-refractivity contribution < 1.29 is 0 Å². The third-order valence-corrected chi connectivity index (χ3v) is 10.3. The van der Waals surface area contributed by atoms with Crippen molar-refractivity contribution in [1.29, 1.82) is 0 Å². The first kappa shape index (κ1) is 26.3. The topological polar surface area (TPSA) is 12.0 Å². The van der Waals surface area contributed by atoms with E-state index in [0.717, 1.165) is 47.5 Å². The van der Waals surface area contributed by atoms with Gasteiger partial charge < -0.3 is 5.32 Å². The maximum atomic E-state index is 4.27. The molecule has 1 N–H and O–H groups in total. The fraction of sp³-hybridized carbons (Fsp3) is 0.935. The molecular weight excluding hydrogens is 386 g/mol. The Kier molecular flexibility index (Phi) is 10.7. The Balaban J connectivity index is 1.57. The van der Waals surface area contributed by atoms with Crippen molar-refractivity contribution in [3.8, 4) is 0 Å². The Morgan fingerprint density at radius 3 is 2.47 bits per heavy atom. The molecule has 1 nitrogen and oxygen atoms in total. The summed E-state index contributed by atoms with van der Waals surface area (Å²) in [4.78, 5) is 0. The van der Waals surface area contributed by atoms with Crippen LogP contribution in [-0.4, -0.2) is 12.1 Å². The molecule has 0 aliphatic heterocycles. The zero-order valence-corrected chi connectivity index (χ0v) is 22.7. The average Bonchev–Trinajstić information content (AvgIpc) is 2.80. The van der Waals surface area contributed by atoms with Crippen LogP contribution in [0.5, 0.6) is 0 Å². The van der Waals surface area contributed by atoms with E-state index < -0.39 is 0 Å². The summed E-state index contributed by atoms with van der Waals surface area (Å²) in [6.07, 6.45) is 22.5. The minimum atomic E-state index is 0.687. The predicted molar refractivity (Wildman–Crippen MR) is 142 cm³/mol. The summed E-state index contributed by atoms with van der Waals surface area (Å²) in [5, 5.41) is 4.27. The van der Waals surface area contributed by atoms with Crippen LogP contribution in [0.15, 0.2) is 11.6 Å². The summed E-state index contributed by atoms with van der Waals surface area (Å²) < 4.78 is 0. The zero-order valence-electron chi connectivity index (χ0n) is 22.7. The maximum absolute atomic E-state index is 4.27. The molecule has 0 amide bonds. The van der Waals surface area contributed by atoms with Crippen LogP contribution in [0.1, 0.15) is 131 Å². The molecule has 8 unspecified atom stereocenters. The van der Waals surface area contributed by atoms with Crippen LogP contribution in [0.4, 0.5) is 0 Å². The van der Waals surface area contributed by atoms with Crippen molar-refractivity contribution in [1.82, 2.24) is 5.32 Å². The molecule has 0 aromatic rings. The first-order valence-corrected chi connectivity index (χ1v) is 14.9. The van der Waals surface area contributed by atoms with Crippen LogP contribution in [0.2, 0.25) is 0 Å². The van der Waals surface area contributed by atoms with Gasteiger partial charge in [0.15, 0.2) is 0 Å². The molecule has 1 heteroatoms. The monoisotopic (exact) mass is 443 g/mol. The lowest BCUT2D eigenvalue weighted by atomic mass is 9.65. The lowest BCUT2D eigenvalue weighted by Crippen LogP contribution is -2.51. The van der Waals surface area contributed by atoms with Gasteiger partial charge in [0.05, 0.1) is 0 Å². The van der Waals surface area contributed by atoms with E-state index >= 15 is 0 Å². The molecule has 0 aromatic carbocycles. The molecule has 8 atom stereocenters. The average molecular weight is 444 g/mol. The summed E-state index contributed by atoms with van der Waals surface area (Å²) in [7, 11) is 0. The van der Waals surface area contributed by atoms with Gasteiger partial charge in [0.1, 0.15) is 0 Å². The summed E-state index contributed by atoms with van der Waals surface area (Å²) in [5.41, 5.74) is 1.81. The molecule has 2 fully saturated rings. The number of rotatable bonds is 11. The van der Waals surface area contributed by atoms with Crippen LogP contribution < -0.4 is 5.32 Å². The molecule has 186 valence electrons. The van der Waals surface area contributed by atoms with E-state index in [1.54, 1.807) is 0 Å². The SMILES string of the molecule is CCCCC(C)CC1CCCC(C(C)NC2CCCC3CC(C(CC)CC)=CCC32)C1C. The van der Waals surface area contributed by atoms with Crippen LogP contribution in [0, 0.1) is 41.4 Å². The van der Waals surface area contributed by atoms with Gasteiger partial charge in [-0.05, 0) is 99.7 Å². The van der Waals surface area contributed by atoms with Gasteiger partial charge in [-0.2, -0.15) is 0 Å². The van der Waals surface area contributed by atoms with Crippen LogP contribution in [0.25, 0.3) is 0 Å². The second-order valence-corrected chi connectivity index (χ2v) is 12.3. The Morgan fingerprint density at radius 1 is 1.00 bits per heavy atom. The summed E-state index contributed by atoms with van der Waals surface area (Å²) in [6, 6.07) is 1.45. The van der Waals surface area contributed by atoms with Crippen molar-refractivity contribution in [2.24, 2.45) is 41.4 Å². The number of nitrogens with one attached hydrogen (secondary N) is 1. The van der Waals surface area contributed by atoms with E-state index in [1.165, 1.54) is 89.9 Å². The molecule has 32 heavy (non-hydrogen) atoms. The van der Waals surface area contributed by atoms with Gasteiger partial charge >= 0.3 is 0 Å². The van der Waals surface area contributed by atoms with E-state index in [1.807, 2.05) is 5.57 Å². The van der Waals surface area contributed by atoms with E-state index in [9.17, 15) is 0 Å². The number of unbranched alkanes of at least 4 members (excludes halogenated alkanes) is 1. The Hall–Kier alpha value is -0.300. The van der Waals surface area contributed by atoms with Crippen molar-refractivity contribution in [2.75, 3.05) is 0 Å². The van der Waals surface area contributed by atoms with Gasteiger partial charge in [-0.1, -0.05) is 84.8 Å². The van der Waals surface area contributed by atoms with Crippen molar-refractivity contribution in [2.45, 2.75) is 144 Å². The number of allylic oxidation sites excluding steroid dienone is 2. The first-order valence-electron chi connectivity index (χ1n) is 14.9. The summed E-state index contributed by atoms with van der Waals surface area (Å²) >= 11 is 0. The molecule has 0 radical (unpaired) electrons. The number of fused-ring (bicyclic) bond motifs is 1. The molecule has 3 aliphatic rings. The van der Waals surface area contributed by atoms with E-state index in [-0.39, 0.29) is 0 Å². The molecule has 0 spiro atoms. The lowest BCUT2D eigenvalue weighted by molar-refractivity contribution is 0.0907. The minimum absolute atomic E-state index is 0.687. The van der Waals surface area contributed by atoms with Gasteiger partial charge in [0, 0.05) is 12.1 Å². The normalized spacial score (nSPS) is 35.3. The quantitative estimate of drug-likeness (QED) is 0.314. The third kappa shape index (κ3) is 6.64. The van der Waals surface area contributed by atoms with Gasteiger partial charge in [-0.3, -0.25) is 0 Å². The molecule has 0 saturated heterocycles. The van der Waals surface area contributed by atoms with Crippen LogP contribution in [0.3, 0.4) is 0 Å². The second kappa shape index (κ2) is 13.0. The van der Waals surface area contributed by atoms with Crippen LogP contribution in [-0.2, 0) is 0 Å². The molecule has 0 bridgehead atoms. The molecule has 0 aromatic heterocycles. The molecule has 3 rings (SSSR count). The smallest absolute Gasteiger partial charge is 0.0104 e. The Bertz CT molecular complexity index is 561. The lowest BCUT2D eigenvalue weighted by Gasteiger charge is -2.46. The highest BCUT2D eigenvalue weighted by molar-refractivity contribution is 5.14. The molecular formula is C31H57N. The van der Waals surface area contributed by atoms with Gasteiger partial charge in [0.25, 0.3) is 0 Å². The van der Waals surface area contributed by atoms with Gasteiger partial charge in [-0.15, -0.1) is 0 Å². The Morgan fingerprint density at radius 2 is 1.75 bits per heavy atom. The highest BCUT2D eigenvalue weighted by Gasteiger charge is 2.39. The van der Waals surface area contributed by atoms with Crippen molar-refractivity contribution in [3.63, 3.8) is 0 Å². The fourth-order valence-corrected chi connectivity index (χ4v) is 8.17.